The molecule has 3 fully saturated rings. The highest BCUT2D eigenvalue weighted by atomic mass is 16.5. The quantitative estimate of drug-likeness (QED) is 0.657. The summed E-state index contributed by atoms with van der Waals surface area (Å²) in [5, 5.41) is 5.81. The molecule has 2 N–H and O–H groups in total. The minimum Gasteiger partial charge on any atom is -0.379 e. The summed E-state index contributed by atoms with van der Waals surface area (Å²) in [7, 11) is 0. The van der Waals surface area contributed by atoms with Crippen molar-refractivity contribution in [2.24, 2.45) is 0 Å². The van der Waals surface area contributed by atoms with Crippen molar-refractivity contribution in [1.29, 1.82) is 0 Å². The minimum atomic E-state index is -1.16. The first kappa shape index (κ1) is 22.7. The summed E-state index contributed by atoms with van der Waals surface area (Å²) in [4.78, 5) is 42.0. The Morgan fingerprint density at radius 1 is 1.09 bits per heavy atom. The average molecular weight is 443 g/mol. The number of carbonyl (C=O) groups excluding carboxylic acids is 3. The molecule has 0 bridgehead atoms. The summed E-state index contributed by atoms with van der Waals surface area (Å²) < 4.78 is 5.52. The van der Waals surface area contributed by atoms with Gasteiger partial charge in [-0.2, -0.15) is 0 Å². The maximum absolute atomic E-state index is 13.1. The Hall–Kier alpha value is -2.45. The van der Waals surface area contributed by atoms with Gasteiger partial charge in [-0.15, -0.1) is 0 Å². The molecule has 4 amide bonds. The van der Waals surface area contributed by atoms with Gasteiger partial charge in [0.1, 0.15) is 12.1 Å². The van der Waals surface area contributed by atoms with Crippen LogP contribution in [0, 0.1) is 6.92 Å². The van der Waals surface area contributed by atoms with Crippen LogP contribution in [0.5, 0.6) is 0 Å². The van der Waals surface area contributed by atoms with Crippen LogP contribution in [0.15, 0.2) is 24.3 Å². The number of hydrogen-bond donors (Lipinski definition) is 2. The summed E-state index contributed by atoms with van der Waals surface area (Å²) in [6.07, 6.45) is 5.61. The van der Waals surface area contributed by atoms with Crippen LogP contribution in [0.1, 0.15) is 50.2 Å². The fraction of sp³-hybridized carbons (Fsp3) is 0.625. The number of imide groups is 1. The van der Waals surface area contributed by atoms with Crippen molar-refractivity contribution in [3.05, 3.63) is 35.4 Å². The number of carbonyl (C=O) groups is 3. The molecule has 1 aromatic carbocycles. The van der Waals surface area contributed by atoms with Gasteiger partial charge in [0.25, 0.3) is 5.91 Å². The van der Waals surface area contributed by atoms with E-state index in [9.17, 15) is 14.4 Å². The molecular formula is C24H34N4O4. The Morgan fingerprint density at radius 3 is 2.41 bits per heavy atom. The smallest absolute Gasteiger partial charge is 0.325 e. The van der Waals surface area contributed by atoms with Gasteiger partial charge in [0.2, 0.25) is 5.91 Å². The summed E-state index contributed by atoms with van der Waals surface area (Å²) in [6.45, 7) is 7.09. The van der Waals surface area contributed by atoms with Crippen LogP contribution < -0.4 is 10.6 Å². The van der Waals surface area contributed by atoms with Crippen molar-refractivity contribution < 1.29 is 19.1 Å². The summed E-state index contributed by atoms with van der Waals surface area (Å²) in [6, 6.07) is 6.96. The zero-order chi connectivity index (χ0) is 22.8. The van der Waals surface area contributed by atoms with Crippen LogP contribution in [-0.4, -0.2) is 72.6 Å². The average Bonchev–Trinajstić information content (AvgIpc) is 3.03. The molecule has 1 aromatic rings. The van der Waals surface area contributed by atoms with Gasteiger partial charge in [-0.05, 0) is 32.3 Å². The minimum absolute atomic E-state index is 0.0641. The number of amides is 4. The van der Waals surface area contributed by atoms with E-state index >= 15 is 0 Å². The van der Waals surface area contributed by atoms with Gasteiger partial charge in [-0.25, -0.2) is 4.79 Å². The first-order chi connectivity index (χ1) is 15.3. The van der Waals surface area contributed by atoms with Crippen LogP contribution in [0.3, 0.4) is 0 Å². The van der Waals surface area contributed by atoms with Gasteiger partial charge in [0.05, 0.1) is 13.2 Å². The molecule has 8 heteroatoms. The molecule has 0 aromatic heterocycles. The Kier molecular flexibility index (Phi) is 6.53. The highest BCUT2D eigenvalue weighted by Gasteiger charge is 2.49. The maximum Gasteiger partial charge on any atom is 0.325 e. The lowest BCUT2D eigenvalue weighted by molar-refractivity contribution is -0.135. The van der Waals surface area contributed by atoms with Crippen LogP contribution >= 0.6 is 0 Å². The van der Waals surface area contributed by atoms with Crippen molar-refractivity contribution >= 4 is 17.8 Å². The third-order valence-corrected chi connectivity index (χ3v) is 7.29. The Balaban J connectivity index is 1.40. The molecule has 3 aliphatic rings. The van der Waals surface area contributed by atoms with E-state index in [0.717, 1.165) is 62.4 Å². The third kappa shape index (κ3) is 4.38. The number of morpholine rings is 1. The maximum atomic E-state index is 13.1. The number of ether oxygens (including phenoxy) is 1. The number of urea groups is 1. The highest BCUT2D eigenvalue weighted by molar-refractivity contribution is 6.09. The monoisotopic (exact) mass is 442 g/mol. The second kappa shape index (κ2) is 9.19. The Morgan fingerprint density at radius 2 is 1.75 bits per heavy atom. The predicted molar refractivity (Wildman–Crippen MR) is 120 cm³/mol. The number of nitrogens with zero attached hydrogens (tertiary/aromatic N) is 2. The predicted octanol–water partition coefficient (Wildman–Crippen LogP) is 1.91. The molecule has 1 aliphatic carbocycles. The Bertz CT molecular complexity index is 859. The van der Waals surface area contributed by atoms with E-state index in [1.165, 1.54) is 6.42 Å². The summed E-state index contributed by atoms with van der Waals surface area (Å²) in [5.41, 5.74) is 0.551. The molecule has 1 atom stereocenters. The van der Waals surface area contributed by atoms with Crippen LogP contribution in [0.4, 0.5) is 4.79 Å². The van der Waals surface area contributed by atoms with Crippen molar-refractivity contribution in [1.82, 2.24) is 20.4 Å². The van der Waals surface area contributed by atoms with Gasteiger partial charge in [-0.3, -0.25) is 19.4 Å². The van der Waals surface area contributed by atoms with Crippen LogP contribution in [0.25, 0.3) is 0 Å². The van der Waals surface area contributed by atoms with Gasteiger partial charge in [0, 0.05) is 25.2 Å². The fourth-order valence-electron chi connectivity index (χ4n) is 5.24. The second-order valence-electron chi connectivity index (χ2n) is 9.47. The van der Waals surface area contributed by atoms with E-state index in [0.29, 0.717) is 12.1 Å². The number of hydrogen-bond acceptors (Lipinski definition) is 5. The molecule has 0 radical (unpaired) electrons. The van der Waals surface area contributed by atoms with Crippen LogP contribution in [-0.2, 0) is 19.9 Å². The molecule has 0 spiro atoms. The molecule has 2 heterocycles. The molecule has 2 aliphatic heterocycles. The molecule has 8 nitrogen and oxygen atoms in total. The first-order valence-corrected chi connectivity index (χ1v) is 11.6. The topological polar surface area (TPSA) is 91.0 Å². The van der Waals surface area contributed by atoms with Crippen molar-refractivity contribution in [3.8, 4) is 0 Å². The van der Waals surface area contributed by atoms with Gasteiger partial charge in [0.15, 0.2) is 0 Å². The normalized spacial score (nSPS) is 26.1. The van der Waals surface area contributed by atoms with Crippen molar-refractivity contribution in [2.45, 2.75) is 57.0 Å². The van der Waals surface area contributed by atoms with E-state index in [1.54, 1.807) is 6.92 Å². The second-order valence-corrected chi connectivity index (χ2v) is 9.47. The van der Waals surface area contributed by atoms with Crippen molar-refractivity contribution in [3.63, 3.8) is 0 Å². The van der Waals surface area contributed by atoms with Gasteiger partial charge >= 0.3 is 6.03 Å². The van der Waals surface area contributed by atoms with Crippen molar-refractivity contribution in [2.75, 3.05) is 39.4 Å². The lowest BCUT2D eigenvalue weighted by atomic mass is 9.79. The van der Waals surface area contributed by atoms with Gasteiger partial charge in [-0.1, -0.05) is 49.1 Å². The SMILES string of the molecule is Cc1ccc(C2(C)NC(=O)N(CC(=O)NCC3(N4CCOCC4)CCCCC3)C2=O)cc1. The molecule has 32 heavy (non-hydrogen) atoms. The molecule has 174 valence electrons. The van der Waals surface area contributed by atoms with E-state index in [2.05, 4.69) is 15.5 Å². The largest absolute Gasteiger partial charge is 0.379 e. The van der Waals surface area contributed by atoms with Crippen LogP contribution in [0.2, 0.25) is 0 Å². The van der Waals surface area contributed by atoms with E-state index in [1.807, 2.05) is 31.2 Å². The molecule has 1 unspecified atom stereocenters. The third-order valence-electron chi connectivity index (χ3n) is 7.29. The van der Waals surface area contributed by atoms with E-state index < -0.39 is 17.5 Å². The fourth-order valence-corrected chi connectivity index (χ4v) is 5.24. The lowest BCUT2D eigenvalue weighted by Crippen LogP contribution is -2.60. The molecule has 1 saturated carbocycles. The lowest BCUT2D eigenvalue weighted by Gasteiger charge is -2.48. The number of benzene rings is 1. The zero-order valence-corrected chi connectivity index (χ0v) is 19.1. The first-order valence-electron chi connectivity index (χ1n) is 11.6. The van der Waals surface area contributed by atoms with E-state index in [4.69, 9.17) is 4.74 Å². The number of aryl methyl sites for hydroxylation is 1. The zero-order valence-electron chi connectivity index (χ0n) is 19.1. The number of nitrogens with one attached hydrogen (secondary N) is 2. The number of rotatable bonds is 6. The molecule has 4 rings (SSSR count). The molecular weight excluding hydrogens is 408 g/mol. The highest BCUT2D eigenvalue weighted by Crippen LogP contribution is 2.34. The summed E-state index contributed by atoms with van der Waals surface area (Å²) in [5.74, 6) is -0.707. The van der Waals surface area contributed by atoms with E-state index in [-0.39, 0.29) is 18.0 Å². The Labute approximate surface area is 189 Å². The standard InChI is InChI=1S/C24H34N4O4/c1-18-6-8-19(9-7-18)23(2)21(30)28(22(31)26-23)16-20(29)25-17-24(10-4-3-5-11-24)27-12-14-32-15-13-27/h6-9H,3-5,10-17H2,1-2H3,(H,25,29)(H,26,31). The summed E-state index contributed by atoms with van der Waals surface area (Å²) >= 11 is 0. The van der Waals surface area contributed by atoms with Gasteiger partial charge < -0.3 is 15.4 Å². The molecule has 2 saturated heterocycles.